The Balaban J connectivity index is 1.31. The molecule has 0 radical (unpaired) electrons. The summed E-state index contributed by atoms with van der Waals surface area (Å²) in [5, 5.41) is 6.85. The first-order valence-corrected chi connectivity index (χ1v) is 8.34. The van der Waals surface area contributed by atoms with Gasteiger partial charge in [0.25, 0.3) is 5.91 Å². The molecule has 0 aliphatic heterocycles. The van der Waals surface area contributed by atoms with Gasteiger partial charge in [-0.25, -0.2) is 4.98 Å². The van der Waals surface area contributed by atoms with Crippen LogP contribution < -0.4 is 5.32 Å². The monoisotopic (exact) mass is 347 g/mol. The SMILES string of the molecule is O=C(NCCc1nc(Cc2ccccc2)no1)c1ccc2nccn2c1. The van der Waals surface area contributed by atoms with E-state index in [0.29, 0.717) is 36.7 Å². The summed E-state index contributed by atoms with van der Waals surface area (Å²) in [5.41, 5.74) is 2.51. The third-order valence-corrected chi connectivity index (χ3v) is 3.99. The molecular weight excluding hydrogens is 330 g/mol. The van der Waals surface area contributed by atoms with Crippen molar-refractivity contribution in [3.63, 3.8) is 0 Å². The van der Waals surface area contributed by atoms with E-state index in [2.05, 4.69) is 20.4 Å². The molecule has 0 bridgehead atoms. The number of hydrogen-bond acceptors (Lipinski definition) is 5. The van der Waals surface area contributed by atoms with Gasteiger partial charge < -0.3 is 14.2 Å². The van der Waals surface area contributed by atoms with Gasteiger partial charge in [0.15, 0.2) is 5.82 Å². The molecule has 130 valence electrons. The number of carbonyl (C=O) groups is 1. The molecule has 0 saturated carbocycles. The zero-order chi connectivity index (χ0) is 17.8. The zero-order valence-electron chi connectivity index (χ0n) is 14.0. The van der Waals surface area contributed by atoms with Crippen LogP contribution in [0.4, 0.5) is 0 Å². The summed E-state index contributed by atoms with van der Waals surface area (Å²) in [5.74, 6) is 1.01. The molecule has 1 N–H and O–H groups in total. The number of hydrogen-bond donors (Lipinski definition) is 1. The van der Waals surface area contributed by atoms with Crippen LogP contribution in [0.5, 0.6) is 0 Å². The van der Waals surface area contributed by atoms with E-state index in [0.717, 1.165) is 11.2 Å². The largest absolute Gasteiger partial charge is 0.351 e. The third-order valence-electron chi connectivity index (χ3n) is 3.99. The minimum absolute atomic E-state index is 0.148. The molecule has 0 unspecified atom stereocenters. The average molecular weight is 347 g/mol. The van der Waals surface area contributed by atoms with E-state index in [1.807, 2.05) is 40.8 Å². The van der Waals surface area contributed by atoms with E-state index in [1.54, 1.807) is 24.7 Å². The minimum atomic E-state index is -0.148. The van der Waals surface area contributed by atoms with Gasteiger partial charge in [-0.15, -0.1) is 0 Å². The first-order chi connectivity index (χ1) is 12.8. The van der Waals surface area contributed by atoms with Crippen LogP contribution in [0.1, 0.15) is 27.6 Å². The Labute approximate surface area is 149 Å². The van der Waals surface area contributed by atoms with Crippen LogP contribution >= 0.6 is 0 Å². The smallest absolute Gasteiger partial charge is 0.252 e. The number of nitrogens with one attached hydrogen (secondary N) is 1. The second-order valence-electron chi connectivity index (χ2n) is 5.88. The molecule has 0 spiro atoms. The molecule has 4 rings (SSSR count). The summed E-state index contributed by atoms with van der Waals surface area (Å²) < 4.78 is 7.06. The molecule has 26 heavy (non-hydrogen) atoms. The number of amides is 1. The van der Waals surface area contributed by atoms with Crippen LogP contribution in [0.25, 0.3) is 5.65 Å². The Kier molecular flexibility index (Phi) is 4.42. The Morgan fingerprint density at radius 1 is 1.15 bits per heavy atom. The molecule has 0 aliphatic carbocycles. The van der Waals surface area contributed by atoms with Gasteiger partial charge in [-0.2, -0.15) is 4.98 Å². The quantitative estimate of drug-likeness (QED) is 0.578. The first kappa shape index (κ1) is 16.0. The highest BCUT2D eigenvalue weighted by Gasteiger charge is 2.10. The van der Waals surface area contributed by atoms with Crippen molar-refractivity contribution < 1.29 is 9.32 Å². The lowest BCUT2D eigenvalue weighted by Crippen LogP contribution is -2.26. The normalized spacial score (nSPS) is 10.9. The van der Waals surface area contributed by atoms with E-state index in [-0.39, 0.29) is 5.91 Å². The lowest BCUT2D eigenvalue weighted by molar-refractivity contribution is 0.0953. The lowest BCUT2D eigenvalue weighted by atomic mass is 10.1. The Hall–Kier alpha value is -3.48. The number of imidazole rings is 1. The zero-order valence-corrected chi connectivity index (χ0v) is 14.0. The molecule has 1 aromatic carbocycles. The molecule has 0 aliphatic rings. The first-order valence-electron chi connectivity index (χ1n) is 8.34. The van der Waals surface area contributed by atoms with E-state index >= 15 is 0 Å². The number of benzene rings is 1. The van der Waals surface area contributed by atoms with Crippen LogP contribution in [0.2, 0.25) is 0 Å². The molecule has 0 saturated heterocycles. The van der Waals surface area contributed by atoms with Crippen molar-refractivity contribution in [1.29, 1.82) is 0 Å². The number of carbonyl (C=O) groups excluding carboxylic acids is 1. The highest BCUT2D eigenvalue weighted by atomic mass is 16.5. The molecule has 1 amide bonds. The van der Waals surface area contributed by atoms with Crippen LogP contribution in [0.3, 0.4) is 0 Å². The molecule has 3 aromatic heterocycles. The second-order valence-corrected chi connectivity index (χ2v) is 5.88. The van der Waals surface area contributed by atoms with Crippen LogP contribution in [0.15, 0.2) is 65.6 Å². The van der Waals surface area contributed by atoms with Crippen molar-refractivity contribution in [2.24, 2.45) is 0 Å². The fraction of sp³-hybridized carbons (Fsp3) is 0.158. The molecule has 4 aromatic rings. The van der Waals surface area contributed by atoms with Gasteiger partial charge in [0, 0.05) is 38.0 Å². The fourth-order valence-corrected chi connectivity index (χ4v) is 2.68. The van der Waals surface area contributed by atoms with Crippen molar-refractivity contribution in [3.05, 3.63) is 83.9 Å². The van der Waals surface area contributed by atoms with E-state index in [1.165, 1.54) is 0 Å². The van der Waals surface area contributed by atoms with Crippen molar-refractivity contribution in [2.75, 3.05) is 6.54 Å². The van der Waals surface area contributed by atoms with Gasteiger partial charge in [-0.3, -0.25) is 4.79 Å². The van der Waals surface area contributed by atoms with Crippen molar-refractivity contribution >= 4 is 11.6 Å². The van der Waals surface area contributed by atoms with Crippen LogP contribution in [-0.4, -0.2) is 32.0 Å². The summed E-state index contributed by atoms with van der Waals surface area (Å²) in [4.78, 5) is 20.8. The maximum atomic E-state index is 12.2. The number of aromatic nitrogens is 4. The Bertz CT molecular complexity index is 1020. The predicted octanol–water partition coefficient (Wildman–Crippen LogP) is 2.28. The summed E-state index contributed by atoms with van der Waals surface area (Å²) in [7, 11) is 0. The number of pyridine rings is 1. The number of rotatable bonds is 6. The van der Waals surface area contributed by atoms with Gasteiger partial charge >= 0.3 is 0 Å². The summed E-state index contributed by atoms with van der Waals surface area (Å²) in [6.45, 7) is 0.424. The molecule has 0 atom stereocenters. The van der Waals surface area contributed by atoms with Crippen LogP contribution in [-0.2, 0) is 12.8 Å². The lowest BCUT2D eigenvalue weighted by Gasteiger charge is -2.04. The Morgan fingerprint density at radius 3 is 2.92 bits per heavy atom. The molecule has 7 heteroatoms. The van der Waals surface area contributed by atoms with E-state index in [4.69, 9.17) is 4.52 Å². The van der Waals surface area contributed by atoms with E-state index in [9.17, 15) is 4.79 Å². The van der Waals surface area contributed by atoms with Crippen molar-refractivity contribution in [1.82, 2.24) is 24.8 Å². The summed E-state index contributed by atoms with van der Waals surface area (Å²) in [6, 6.07) is 13.5. The topological polar surface area (TPSA) is 85.3 Å². The summed E-state index contributed by atoms with van der Waals surface area (Å²) in [6.07, 6.45) is 6.36. The fourth-order valence-electron chi connectivity index (χ4n) is 2.68. The minimum Gasteiger partial charge on any atom is -0.351 e. The molecule has 0 fully saturated rings. The number of fused-ring (bicyclic) bond motifs is 1. The van der Waals surface area contributed by atoms with Gasteiger partial charge in [-0.1, -0.05) is 35.5 Å². The van der Waals surface area contributed by atoms with Crippen LogP contribution in [0, 0.1) is 0 Å². The predicted molar refractivity (Wildman–Crippen MR) is 94.8 cm³/mol. The van der Waals surface area contributed by atoms with Gasteiger partial charge in [0.05, 0.1) is 5.56 Å². The van der Waals surface area contributed by atoms with Gasteiger partial charge in [-0.05, 0) is 17.7 Å². The highest BCUT2D eigenvalue weighted by Crippen LogP contribution is 2.07. The standard InChI is InChI=1S/C19H17N5O2/c25-19(15-6-7-17-20-10-11-24(17)13-15)21-9-8-18-22-16(23-26-18)12-14-4-2-1-3-5-14/h1-7,10-11,13H,8-9,12H2,(H,21,25). The van der Waals surface area contributed by atoms with E-state index < -0.39 is 0 Å². The molecule has 3 heterocycles. The third kappa shape index (κ3) is 3.61. The highest BCUT2D eigenvalue weighted by molar-refractivity contribution is 5.94. The number of nitrogens with zero attached hydrogens (tertiary/aromatic N) is 4. The molecular formula is C19H17N5O2. The Morgan fingerprint density at radius 2 is 2.04 bits per heavy atom. The second kappa shape index (κ2) is 7.18. The molecule has 7 nitrogen and oxygen atoms in total. The average Bonchev–Trinajstić information content (AvgIpc) is 3.31. The van der Waals surface area contributed by atoms with Gasteiger partial charge in [0.1, 0.15) is 5.65 Å². The summed E-state index contributed by atoms with van der Waals surface area (Å²) >= 11 is 0. The maximum Gasteiger partial charge on any atom is 0.252 e. The van der Waals surface area contributed by atoms with Gasteiger partial charge in [0.2, 0.25) is 5.89 Å². The van der Waals surface area contributed by atoms with Crippen molar-refractivity contribution in [3.8, 4) is 0 Å². The maximum absolute atomic E-state index is 12.2. The van der Waals surface area contributed by atoms with Crippen molar-refractivity contribution in [2.45, 2.75) is 12.8 Å².